The van der Waals surface area contributed by atoms with E-state index in [-0.39, 0.29) is 24.1 Å². The minimum absolute atomic E-state index is 0.0378. The number of amides is 2. The van der Waals surface area contributed by atoms with Gasteiger partial charge in [0.25, 0.3) is 0 Å². The molecule has 0 spiro atoms. The van der Waals surface area contributed by atoms with Gasteiger partial charge < -0.3 is 15.0 Å². The first-order chi connectivity index (χ1) is 13.9. The van der Waals surface area contributed by atoms with Gasteiger partial charge in [-0.1, -0.05) is 6.92 Å². The first-order valence-corrected chi connectivity index (χ1v) is 11.7. The highest BCUT2D eigenvalue weighted by atomic mass is 32.2. The fourth-order valence-corrected chi connectivity index (χ4v) is 5.51. The van der Waals surface area contributed by atoms with Crippen LogP contribution in [0.2, 0.25) is 0 Å². The molecule has 2 fully saturated rings. The molecular weight excluding hydrogens is 394 g/mol. The Kier molecular flexibility index (Phi) is 6.79. The summed E-state index contributed by atoms with van der Waals surface area (Å²) < 4.78 is 31.5. The van der Waals surface area contributed by atoms with Crippen LogP contribution in [0.5, 0.6) is 5.75 Å². The minimum atomic E-state index is -3.31. The largest absolute Gasteiger partial charge is 0.495 e. The van der Waals surface area contributed by atoms with Gasteiger partial charge in [0, 0.05) is 31.7 Å². The van der Waals surface area contributed by atoms with Crippen LogP contribution in [0.25, 0.3) is 0 Å². The van der Waals surface area contributed by atoms with Gasteiger partial charge in [-0.05, 0) is 43.9 Å². The molecule has 2 amide bonds. The van der Waals surface area contributed by atoms with E-state index in [9.17, 15) is 18.0 Å². The zero-order valence-electron chi connectivity index (χ0n) is 17.0. The molecule has 0 unspecified atom stereocenters. The summed E-state index contributed by atoms with van der Waals surface area (Å²) in [6, 6.07) is 5.21. The van der Waals surface area contributed by atoms with Crippen LogP contribution in [0.1, 0.15) is 39.0 Å². The summed E-state index contributed by atoms with van der Waals surface area (Å²) in [6.07, 6.45) is 3.17. The second kappa shape index (κ2) is 9.13. The van der Waals surface area contributed by atoms with E-state index in [1.165, 1.54) is 4.31 Å². The SMILES string of the molecule is CCCS(=O)(=O)N1CCC[C@H](C(=O)Nc2ccc(OC)c(N3CCCC3=O)c2)C1. The summed E-state index contributed by atoms with van der Waals surface area (Å²) >= 11 is 0. The minimum Gasteiger partial charge on any atom is -0.495 e. The van der Waals surface area contributed by atoms with Gasteiger partial charge in [-0.15, -0.1) is 0 Å². The van der Waals surface area contributed by atoms with E-state index in [4.69, 9.17) is 4.74 Å². The molecule has 0 saturated carbocycles. The third-order valence-corrected chi connectivity index (χ3v) is 7.46. The Bertz CT molecular complexity index is 871. The van der Waals surface area contributed by atoms with Crippen molar-refractivity contribution < 1.29 is 22.7 Å². The molecule has 0 bridgehead atoms. The Hall–Kier alpha value is -2.13. The summed E-state index contributed by atoms with van der Waals surface area (Å²) in [5, 5.41) is 2.89. The summed E-state index contributed by atoms with van der Waals surface area (Å²) in [7, 11) is -1.77. The van der Waals surface area contributed by atoms with Crippen LogP contribution >= 0.6 is 0 Å². The van der Waals surface area contributed by atoms with Gasteiger partial charge in [-0.3, -0.25) is 9.59 Å². The standard InChI is InChI=1S/C20H29N3O5S/c1-3-12-29(26,27)22-10-4-6-15(14-22)20(25)21-16-8-9-18(28-2)17(13-16)23-11-5-7-19(23)24/h8-9,13,15H,3-7,10-12,14H2,1-2H3,(H,21,25)/t15-/m0/s1. The number of rotatable bonds is 7. The lowest BCUT2D eigenvalue weighted by Gasteiger charge is -2.31. The molecule has 8 nitrogen and oxygen atoms in total. The van der Waals surface area contributed by atoms with E-state index in [1.54, 1.807) is 30.2 Å². The van der Waals surface area contributed by atoms with Crippen LogP contribution in [0.4, 0.5) is 11.4 Å². The summed E-state index contributed by atoms with van der Waals surface area (Å²) in [5.74, 6) is 0.121. The van der Waals surface area contributed by atoms with Gasteiger partial charge in [0.05, 0.1) is 24.5 Å². The number of piperidine rings is 1. The molecule has 2 heterocycles. The molecule has 1 aromatic carbocycles. The molecule has 1 aromatic rings. The lowest BCUT2D eigenvalue weighted by Crippen LogP contribution is -2.44. The second-order valence-electron chi connectivity index (χ2n) is 7.54. The van der Waals surface area contributed by atoms with Crippen molar-refractivity contribution in [3.63, 3.8) is 0 Å². The molecule has 1 N–H and O–H groups in total. The number of carbonyl (C=O) groups is 2. The molecule has 9 heteroatoms. The molecule has 160 valence electrons. The van der Waals surface area contributed by atoms with Gasteiger partial charge in [0.2, 0.25) is 21.8 Å². The normalized spacial score (nSPS) is 20.7. The monoisotopic (exact) mass is 423 g/mol. The second-order valence-corrected chi connectivity index (χ2v) is 9.63. The summed E-state index contributed by atoms with van der Waals surface area (Å²) in [5.41, 5.74) is 1.21. The molecule has 0 radical (unpaired) electrons. The predicted octanol–water partition coefficient (Wildman–Crippen LogP) is 2.21. The lowest BCUT2D eigenvalue weighted by molar-refractivity contribution is -0.121. The molecule has 2 aliphatic heterocycles. The Labute approximate surface area is 172 Å². The Morgan fingerprint density at radius 2 is 2.07 bits per heavy atom. The highest BCUT2D eigenvalue weighted by Gasteiger charge is 2.32. The lowest BCUT2D eigenvalue weighted by atomic mass is 9.98. The number of benzene rings is 1. The smallest absolute Gasteiger partial charge is 0.228 e. The number of hydrogen-bond acceptors (Lipinski definition) is 5. The van der Waals surface area contributed by atoms with E-state index in [0.29, 0.717) is 55.9 Å². The third kappa shape index (κ3) is 4.90. The van der Waals surface area contributed by atoms with Crippen molar-refractivity contribution in [2.24, 2.45) is 5.92 Å². The van der Waals surface area contributed by atoms with Crippen molar-refractivity contribution in [1.82, 2.24) is 4.31 Å². The Balaban J connectivity index is 1.72. The number of sulfonamides is 1. The van der Waals surface area contributed by atoms with Crippen molar-refractivity contribution in [3.8, 4) is 5.75 Å². The quantitative estimate of drug-likeness (QED) is 0.725. The van der Waals surface area contributed by atoms with E-state index >= 15 is 0 Å². The highest BCUT2D eigenvalue weighted by molar-refractivity contribution is 7.89. The van der Waals surface area contributed by atoms with Crippen LogP contribution < -0.4 is 15.0 Å². The van der Waals surface area contributed by atoms with E-state index in [2.05, 4.69) is 5.32 Å². The van der Waals surface area contributed by atoms with Crippen LogP contribution in [-0.4, -0.2) is 57.0 Å². The van der Waals surface area contributed by atoms with Gasteiger partial charge in [0.15, 0.2) is 0 Å². The zero-order valence-corrected chi connectivity index (χ0v) is 17.8. The van der Waals surface area contributed by atoms with Crippen LogP contribution in [0, 0.1) is 5.92 Å². The maximum Gasteiger partial charge on any atom is 0.228 e. The Morgan fingerprint density at radius 3 is 2.72 bits per heavy atom. The van der Waals surface area contributed by atoms with E-state index < -0.39 is 15.9 Å². The molecule has 2 aliphatic rings. The summed E-state index contributed by atoms with van der Waals surface area (Å²) in [6.45, 7) is 3.13. The molecule has 1 atom stereocenters. The number of hydrogen-bond donors (Lipinski definition) is 1. The van der Waals surface area contributed by atoms with Crippen LogP contribution in [0.3, 0.4) is 0 Å². The summed E-state index contributed by atoms with van der Waals surface area (Å²) in [4.78, 5) is 26.6. The fraction of sp³-hybridized carbons (Fsp3) is 0.600. The molecule has 0 aromatic heterocycles. The maximum atomic E-state index is 12.8. The van der Waals surface area contributed by atoms with Gasteiger partial charge in [0.1, 0.15) is 5.75 Å². The number of methoxy groups -OCH3 is 1. The van der Waals surface area contributed by atoms with Crippen molar-refractivity contribution in [2.75, 3.05) is 42.7 Å². The molecular formula is C20H29N3O5S. The van der Waals surface area contributed by atoms with E-state index in [1.807, 2.05) is 6.92 Å². The third-order valence-electron chi connectivity index (χ3n) is 5.42. The predicted molar refractivity (Wildman–Crippen MR) is 112 cm³/mol. The average molecular weight is 424 g/mol. The molecule has 3 rings (SSSR count). The van der Waals surface area contributed by atoms with Gasteiger partial charge in [-0.25, -0.2) is 12.7 Å². The van der Waals surface area contributed by atoms with Crippen molar-refractivity contribution in [3.05, 3.63) is 18.2 Å². The average Bonchev–Trinajstić information content (AvgIpc) is 3.13. The molecule has 2 saturated heterocycles. The number of ether oxygens (including phenoxy) is 1. The van der Waals surface area contributed by atoms with Crippen molar-refractivity contribution in [2.45, 2.75) is 39.0 Å². The van der Waals surface area contributed by atoms with Gasteiger partial charge >= 0.3 is 0 Å². The van der Waals surface area contributed by atoms with Gasteiger partial charge in [-0.2, -0.15) is 0 Å². The highest BCUT2D eigenvalue weighted by Crippen LogP contribution is 2.34. The van der Waals surface area contributed by atoms with E-state index in [0.717, 1.165) is 6.42 Å². The van der Waals surface area contributed by atoms with Crippen molar-refractivity contribution >= 4 is 33.2 Å². The molecule has 0 aliphatic carbocycles. The number of anilines is 2. The fourth-order valence-electron chi connectivity index (χ4n) is 3.92. The van der Waals surface area contributed by atoms with Crippen LogP contribution in [-0.2, 0) is 19.6 Å². The molecule has 29 heavy (non-hydrogen) atoms. The number of carbonyl (C=O) groups excluding carboxylic acids is 2. The first kappa shape index (κ1) is 21.6. The zero-order chi connectivity index (χ0) is 21.0. The number of nitrogens with one attached hydrogen (secondary N) is 1. The Morgan fingerprint density at radius 1 is 1.28 bits per heavy atom. The van der Waals surface area contributed by atoms with Crippen LogP contribution in [0.15, 0.2) is 18.2 Å². The number of nitrogens with zero attached hydrogens (tertiary/aromatic N) is 2. The topological polar surface area (TPSA) is 96.0 Å². The van der Waals surface area contributed by atoms with Crippen molar-refractivity contribution in [1.29, 1.82) is 0 Å². The maximum absolute atomic E-state index is 12.8. The first-order valence-electron chi connectivity index (χ1n) is 10.1.